The quantitative estimate of drug-likeness (QED) is 0.374. The monoisotopic (exact) mass is 192 g/mol. The van der Waals surface area contributed by atoms with Crippen molar-refractivity contribution in [3.8, 4) is 6.07 Å². The number of nitriles is 1. The minimum atomic E-state index is -0.330. The van der Waals surface area contributed by atoms with E-state index in [1.165, 1.54) is 0 Å². The van der Waals surface area contributed by atoms with Crippen LogP contribution in [0.3, 0.4) is 0 Å². The highest BCUT2D eigenvalue weighted by Crippen LogP contribution is 2.57. The predicted octanol–water partition coefficient (Wildman–Crippen LogP) is 3.26. The normalized spacial score (nSPS) is 29.4. The minimum Gasteiger partial charge on any atom is -0.198 e. The molecule has 1 aliphatic rings. The van der Waals surface area contributed by atoms with Crippen molar-refractivity contribution in [3.05, 3.63) is 10.4 Å². The van der Waals surface area contributed by atoms with E-state index < -0.39 is 0 Å². The first-order valence-electron chi connectivity index (χ1n) is 5.16. The van der Waals surface area contributed by atoms with Gasteiger partial charge in [-0.1, -0.05) is 31.8 Å². The standard InChI is InChI=1S/C10H16N4/c1-3-8(4-2)9-5-10(9,6-11)7-13-14-12/h8-9H,3-5,7H2,1-2H3/t9-,10+/m1/s1. The van der Waals surface area contributed by atoms with Gasteiger partial charge >= 0.3 is 0 Å². The lowest BCUT2D eigenvalue weighted by atomic mass is 9.91. The van der Waals surface area contributed by atoms with Gasteiger partial charge in [0.25, 0.3) is 0 Å². The van der Waals surface area contributed by atoms with Gasteiger partial charge in [0, 0.05) is 11.5 Å². The Kier molecular flexibility index (Phi) is 3.38. The van der Waals surface area contributed by atoms with Crippen molar-refractivity contribution in [2.75, 3.05) is 6.54 Å². The Morgan fingerprint density at radius 1 is 1.64 bits per heavy atom. The summed E-state index contributed by atoms with van der Waals surface area (Å²) in [6, 6.07) is 2.32. The van der Waals surface area contributed by atoms with Crippen molar-refractivity contribution < 1.29 is 0 Å². The number of azide groups is 1. The van der Waals surface area contributed by atoms with Crippen molar-refractivity contribution >= 4 is 0 Å². The first-order valence-corrected chi connectivity index (χ1v) is 5.16. The van der Waals surface area contributed by atoms with E-state index in [9.17, 15) is 0 Å². The van der Waals surface area contributed by atoms with E-state index in [0.717, 1.165) is 19.3 Å². The zero-order valence-corrected chi connectivity index (χ0v) is 8.77. The molecule has 0 aromatic rings. The number of hydrogen-bond donors (Lipinski definition) is 0. The number of nitrogens with zero attached hydrogens (tertiary/aromatic N) is 4. The molecule has 0 radical (unpaired) electrons. The number of hydrogen-bond acceptors (Lipinski definition) is 2. The molecule has 0 spiro atoms. The van der Waals surface area contributed by atoms with Crippen LogP contribution >= 0.6 is 0 Å². The average Bonchev–Trinajstić information content (AvgIpc) is 2.93. The van der Waals surface area contributed by atoms with Crippen LogP contribution in [0.2, 0.25) is 0 Å². The van der Waals surface area contributed by atoms with Crippen LogP contribution in [0.25, 0.3) is 10.4 Å². The summed E-state index contributed by atoms with van der Waals surface area (Å²) >= 11 is 0. The summed E-state index contributed by atoms with van der Waals surface area (Å²) in [5.74, 6) is 1.07. The summed E-state index contributed by atoms with van der Waals surface area (Å²) in [5, 5.41) is 12.6. The largest absolute Gasteiger partial charge is 0.198 e. The van der Waals surface area contributed by atoms with E-state index in [0.29, 0.717) is 18.4 Å². The van der Waals surface area contributed by atoms with Gasteiger partial charge in [0.15, 0.2) is 0 Å². The Bertz CT molecular complexity index is 283. The summed E-state index contributed by atoms with van der Waals surface area (Å²) in [4.78, 5) is 2.73. The van der Waals surface area contributed by atoms with Gasteiger partial charge in [-0.15, -0.1) is 0 Å². The smallest absolute Gasteiger partial charge is 0.0694 e. The molecule has 1 rings (SSSR count). The van der Waals surface area contributed by atoms with E-state index >= 15 is 0 Å². The van der Waals surface area contributed by atoms with Gasteiger partial charge in [-0.25, -0.2) is 0 Å². The van der Waals surface area contributed by atoms with Gasteiger partial charge in [-0.3, -0.25) is 0 Å². The SMILES string of the molecule is CCC(CC)[C@H]1C[C@]1(C#N)CN=[N+]=[N-]. The van der Waals surface area contributed by atoms with E-state index in [2.05, 4.69) is 29.9 Å². The molecule has 4 nitrogen and oxygen atoms in total. The van der Waals surface area contributed by atoms with Crippen LogP contribution < -0.4 is 0 Å². The summed E-state index contributed by atoms with van der Waals surface area (Å²) in [6.45, 7) is 4.66. The predicted molar refractivity (Wildman–Crippen MR) is 54.2 cm³/mol. The molecule has 0 aromatic carbocycles. The van der Waals surface area contributed by atoms with Gasteiger partial charge in [-0.2, -0.15) is 5.26 Å². The second kappa shape index (κ2) is 4.34. The zero-order chi connectivity index (χ0) is 10.6. The third-order valence-electron chi connectivity index (χ3n) is 3.39. The van der Waals surface area contributed by atoms with Crippen molar-refractivity contribution in [2.45, 2.75) is 33.1 Å². The molecule has 0 saturated heterocycles. The molecule has 76 valence electrons. The van der Waals surface area contributed by atoms with E-state index in [1.807, 2.05) is 0 Å². The molecule has 0 bridgehead atoms. The first kappa shape index (κ1) is 10.9. The third-order valence-corrected chi connectivity index (χ3v) is 3.39. The van der Waals surface area contributed by atoms with Crippen LogP contribution in [-0.4, -0.2) is 6.54 Å². The van der Waals surface area contributed by atoms with Gasteiger partial charge in [0.2, 0.25) is 0 Å². The fourth-order valence-corrected chi connectivity index (χ4v) is 2.31. The molecule has 0 aliphatic heterocycles. The van der Waals surface area contributed by atoms with E-state index in [-0.39, 0.29) is 5.41 Å². The maximum absolute atomic E-state index is 9.06. The Balaban J connectivity index is 2.62. The van der Waals surface area contributed by atoms with Crippen LogP contribution in [0.15, 0.2) is 5.11 Å². The Morgan fingerprint density at radius 3 is 2.71 bits per heavy atom. The highest BCUT2D eigenvalue weighted by molar-refractivity contribution is 5.18. The van der Waals surface area contributed by atoms with E-state index in [1.54, 1.807) is 0 Å². The van der Waals surface area contributed by atoms with Crippen LogP contribution in [0.5, 0.6) is 0 Å². The van der Waals surface area contributed by atoms with Crippen molar-refractivity contribution in [2.24, 2.45) is 22.4 Å². The van der Waals surface area contributed by atoms with Crippen molar-refractivity contribution in [1.82, 2.24) is 0 Å². The summed E-state index contributed by atoms with van der Waals surface area (Å²) in [7, 11) is 0. The third kappa shape index (κ3) is 1.83. The van der Waals surface area contributed by atoms with E-state index in [4.69, 9.17) is 10.8 Å². The van der Waals surface area contributed by atoms with Gasteiger partial charge in [-0.05, 0) is 23.8 Å². The van der Waals surface area contributed by atoms with Gasteiger partial charge in [0.1, 0.15) is 0 Å². The molecule has 0 amide bonds. The molecular weight excluding hydrogens is 176 g/mol. The highest BCUT2D eigenvalue weighted by Gasteiger charge is 2.56. The first-order chi connectivity index (χ1) is 6.74. The lowest BCUT2D eigenvalue weighted by Crippen LogP contribution is -2.11. The van der Waals surface area contributed by atoms with Crippen LogP contribution in [0.1, 0.15) is 33.1 Å². The Labute approximate surface area is 84.5 Å². The zero-order valence-electron chi connectivity index (χ0n) is 8.77. The fraction of sp³-hybridized carbons (Fsp3) is 0.900. The molecule has 2 atom stereocenters. The second-order valence-corrected chi connectivity index (χ2v) is 4.04. The molecule has 0 N–H and O–H groups in total. The minimum absolute atomic E-state index is 0.330. The molecule has 1 saturated carbocycles. The van der Waals surface area contributed by atoms with Gasteiger partial charge in [0.05, 0.1) is 11.5 Å². The van der Waals surface area contributed by atoms with Crippen LogP contribution in [0.4, 0.5) is 0 Å². The Hall–Kier alpha value is -1.20. The summed E-state index contributed by atoms with van der Waals surface area (Å²) < 4.78 is 0. The van der Waals surface area contributed by atoms with Crippen LogP contribution in [-0.2, 0) is 0 Å². The highest BCUT2D eigenvalue weighted by atomic mass is 15.1. The van der Waals surface area contributed by atoms with Crippen LogP contribution in [0, 0.1) is 28.6 Å². The topological polar surface area (TPSA) is 72.5 Å². The lowest BCUT2D eigenvalue weighted by Gasteiger charge is -2.13. The summed E-state index contributed by atoms with van der Waals surface area (Å²) in [6.07, 6.45) is 3.14. The van der Waals surface area contributed by atoms with Crippen molar-refractivity contribution in [3.63, 3.8) is 0 Å². The molecule has 0 heterocycles. The van der Waals surface area contributed by atoms with Gasteiger partial charge < -0.3 is 0 Å². The molecular formula is C10H16N4. The fourth-order valence-electron chi connectivity index (χ4n) is 2.31. The maximum atomic E-state index is 9.06. The molecule has 0 aromatic heterocycles. The molecule has 1 aliphatic carbocycles. The lowest BCUT2D eigenvalue weighted by molar-refractivity contribution is 0.384. The van der Waals surface area contributed by atoms with Crippen molar-refractivity contribution in [1.29, 1.82) is 5.26 Å². The molecule has 4 heteroatoms. The number of rotatable bonds is 5. The molecule has 14 heavy (non-hydrogen) atoms. The average molecular weight is 192 g/mol. The maximum Gasteiger partial charge on any atom is 0.0694 e. The molecule has 1 fully saturated rings. The Morgan fingerprint density at radius 2 is 2.29 bits per heavy atom. The summed E-state index contributed by atoms with van der Waals surface area (Å²) in [5.41, 5.74) is 7.91. The molecule has 0 unspecified atom stereocenters. The second-order valence-electron chi connectivity index (χ2n) is 4.04.